The van der Waals surface area contributed by atoms with E-state index in [9.17, 15) is 0 Å². The van der Waals surface area contributed by atoms with Crippen molar-refractivity contribution in [3.8, 4) is 5.75 Å². The number of hydrogen-bond donors (Lipinski definition) is 1. The minimum Gasteiger partial charge on any atom is -0.492 e. The zero-order chi connectivity index (χ0) is 13.7. The van der Waals surface area contributed by atoms with E-state index in [1.807, 2.05) is 25.1 Å². The second-order valence-corrected chi connectivity index (χ2v) is 5.08. The maximum Gasteiger partial charge on any atom is 0.128 e. The van der Waals surface area contributed by atoms with E-state index in [0.717, 1.165) is 23.4 Å². The van der Waals surface area contributed by atoms with Gasteiger partial charge in [0.05, 0.1) is 5.71 Å². The lowest BCUT2D eigenvalue weighted by Crippen LogP contribution is -2.25. The topological polar surface area (TPSA) is 45.1 Å². The smallest absolute Gasteiger partial charge is 0.128 e. The fraction of sp³-hybridized carbons (Fsp3) is 0.533. The molecule has 0 amide bonds. The molecule has 1 fully saturated rings. The summed E-state index contributed by atoms with van der Waals surface area (Å²) in [5, 5.41) is 12.2. The van der Waals surface area contributed by atoms with Crippen molar-refractivity contribution in [2.45, 2.75) is 26.7 Å². The predicted octanol–water partition coefficient (Wildman–Crippen LogP) is 2.67. The van der Waals surface area contributed by atoms with E-state index in [1.54, 1.807) is 6.92 Å². The van der Waals surface area contributed by atoms with Crippen LogP contribution in [-0.2, 0) is 0 Å². The maximum absolute atomic E-state index is 8.90. The Balaban J connectivity index is 1.99. The summed E-state index contributed by atoms with van der Waals surface area (Å²) in [4.78, 5) is 2.42. The molecule has 0 spiro atoms. The third-order valence-corrected chi connectivity index (χ3v) is 3.54. The molecule has 1 saturated heterocycles. The van der Waals surface area contributed by atoms with Gasteiger partial charge in [0.15, 0.2) is 0 Å². The molecular formula is C15H22N2O2. The van der Waals surface area contributed by atoms with E-state index in [4.69, 9.17) is 9.94 Å². The number of likely N-dealkylation sites (tertiary alicyclic amines) is 1. The lowest BCUT2D eigenvalue weighted by Gasteiger charge is -2.16. The van der Waals surface area contributed by atoms with Gasteiger partial charge in [-0.3, -0.25) is 4.90 Å². The highest BCUT2D eigenvalue weighted by Gasteiger charge is 2.12. The molecule has 1 aliphatic rings. The van der Waals surface area contributed by atoms with Crippen LogP contribution in [0.4, 0.5) is 0 Å². The summed E-state index contributed by atoms with van der Waals surface area (Å²) in [5.74, 6) is 0.800. The first-order chi connectivity index (χ1) is 9.20. The molecule has 1 aromatic carbocycles. The molecule has 0 aromatic heterocycles. The van der Waals surface area contributed by atoms with Gasteiger partial charge in [-0.15, -0.1) is 0 Å². The molecule has 1 N–H and O–H groups in total. The van der Waals surface area contributed by atoms with Crippen LogP contribution in [-0.4, -0.2) is 42.1 Å². The summed E-state index contributed by atoms with van der Waals surface area (Å²) in [5.41, 5.74) is 2.58. The van der Waals surface area contributed by atoms with Crippen LogP contribution in [0.25, 0.3) is 0 Å². The first-order valence-corrected chi connectivity index (χ1v) is 6.85. The number of nitrogens with zero attached hydrogens (tertiary/aromatic N) is 2. The van der Waals surface area contributed by atoms with Crippen LogP contribution in [0.2, 0.25) is 0 Å². The fourth-order valence-electron chi connectivity index (χ4n) is 2.39. The molecule has 0 saturated carbocycles. The molecule has 19 heavy (non-hydrogen) atoms. The quantitative estimate of drug-likeness (QED) is 0.504. The van der Waals surface area contributed by atoms with Crippen molar-refractivity contribution in [1.29, 1.82) is 0 Å². The number of ether oxygens (including phenoxy) is 1. The van der Waals surface area contributed by atoms with Gasteiger partial charge in [0.1, 0.15) is 12.4 Å². The van der Waals surface area contributed by atoms with Crippen molar-refractivity contribution in [3.05, 3.63) is 29.3 Å². The normalized spacial score (nSPS) is 16.8. The number of aryl methyl sites for hydroxylation is 1. The summed E-state index contributed by atoms with van der Waals surface area (Å²) in [6.45, 7) is 7.81. The molecular weight excluding hydrogens is 240 g/mol. The largest absolute Gasteiger partial charge is 0.492 e. The van der Waals surface area contributed by atoms with Crippen LogP contribution in [0.3, 0.4) is 0 Å². The van der Waals surface area contributed by atoms with Crippen LogP contribution in [0.5, 0.6) is 5.75 Å². The molecule has 2 rings (SSSR count). The minimum absolute atomic E-state index is 0.580. The summed E-state index contributed by atoms with van der Waals surface area (Å²) in [7, 11) is 0. The Morgan fingerprint density at radius 1 is 1.37 bits per heavy atom. The molecule has 0 unspecified atom stereocenters. The van der Waals surface area contributed by atoms with Gasteiger partial charge in [-0.05, 0) is 57.5 Å². The molecule has 0 radical (unpaired) electrons. The Hall–Kier alpha value is -1.55. The highest BCUT2D eigenvalue weighted by Crippen LogP contribution is 2.21. The van der Waals surface area contributed by atoms with Crippen molar-refractivity contribution in [2.75, 3.05) is 26.2 Å². The van der Waals surface area contributed by atoms with Crippen LogP contribution in [0.15, 0.2) is 23.4 Å². The molecule has 0 atom stereocenters. The van der Waals surface area contributed by atoms with E-state index < -0.39 is 0 Å². The van der Waals surface area contributed by atoms with Gasteiger partial charge in [-0.2, -0.15) is 0 Å². The zero-order valence-electron chi connectivity index (χ0n) is 11.7. The Morgan fingerprint density at radius 2 is 2.11 bits per heavy atom. The Bertz CT molecular complexity index is 451. The molecule has 1 aromatic rings. The lowest BCUT2D eigenvalue weighted by atomic mass is 10.1. The van der Waals surface area contributed by atoms with Crippen molar-refractivity contribution in [3.63, 3.8) is 0 Å². The molecule has 4 nitrogen and oxygen atoms in total. The van der Waals surface area contributed by atoms with Gasteiger partial charge in [0, 0.05) is 12.1 Å². The number of oxime groups is 1. The molecule has 1 heterocycles. The van der Waals surface area contributed by atoms with Gasteiger partial charge < -0.3 is 9.94 Å². The first-order valence-electron chi connectivity index (χ1n) is 6.85. The Kier molecular flexibility index (Phi) is 4.80. The second kappa shape index (κ2) is 6.57. The van der Waals surface area contributed by atoms with Gasteiger partial charge in [-0.25, -0.2) is 0 Å². The Morgan fingerprint density at radius 3 is 2.79 bits per heavy atom. The van der Waals surface area contributed by atoms with Crippen molar-refractivity contribution < 1.29 is 9.94 Å². The van der Waals surface area contributed by atoms with E-state index >= 15 is 0 Å². The maximum atomic E-state index is 8.90. The molecule has 1 aliphatic heterocycles. The van der Waals surface area contributed by atoms with Crippen molar-refractivity contribution >= 4 is 5.71 Å². The monoisotopic (exact) mass is 262 g/mol. The minimum atomic E-state index is 0.580. The summed E-state index contributed by atoms with van der Waals surface area (Å²) in [6, 6.07) is 5.93. The lowest BCUT2D eigenvalue weighted by molar-refractivity contribution is 0.237. The van der Waals surface area contributed by atoms with Crippen LogP contribution in [0, 0.1) is 6.92 Å². The van der Waals surface area contributed by atoms with Crippen LogP contribution >= 0.6 is 0 Å². The molecule has 0 bridgehead atoms. The number of benzene rings is 1. The van der Waals surface area contributed by atoms with Crippen LogP contribution < -0.4 is 4.74 Å². The van der Waals surface area contributed by atoms with E-state index in [-0.39, 0.29) is 0 Å². The fourth-order valence-corrected chi connectivity index (χ4v) is 2.39. The molecule has 104 valence electrons. The van der Waals surface area contributed by atoms with Gasteiger partial charge >= 0.3 is 0 Å². The van der Waals surface area contributed by atoms with E-state index in [0.29, 0.717) is 12.3 Å². The average Bonchev–Trinajstić information content (AvgIpc) is 2.91. The van der Waals surface area contributed by atoms with E-state index in [2.05, 4.69) is 10.1 Å². The van der Waals surface area contributed by atoms with Crippen molar-refractivity contribution in [2.24, 2.45) is 5.16 Å². The summed E-state index contributed by atoms with van der Waals surface area (Å²) < 4.78 is 5.87. The summed E-state index contributed by atoms with van der Waals surface area (Å²) in [6.07, 6.45) is 2.60. The van der Waals surface area contributed by atoms with Crippen LogP contribution in [0.1, 0.15) is 30.9 Å². The van der Waals surface area contributed by atoms with Gasteiger partial charge in [-0.1, -0.05) is 11.2 Å². The van der Waals surface area contributed by atoms with Gasteiger partial charge in [0.2, 0.25) is 0 Å². The van der Waals surface area contributed by atoms with Crippen molar-refractivity contribution in [1.82, 2.24) is 4.90 Å². The first kappa shape index (κ1) is 13.9. The highest BCUT2D eigenvalue weighted by atomic mass is 16.5. The average molecular weight is 262 g/mol. The molecule has 4 heteroatoms. The Labute approximate surface area is 114 Å². The SMILES string of the molecule is C/C(=N/O)c1ccc(C)cc1OCCN1CCCC1. The number of hydrogen-bond acceptors (Lipinski definition) is 4. The third-order valence-electron chi connectivity index (χ3n) is 3.54. The number of rotatable bonds is 5. The molecule has 0 aliphatic carbocycles. The highest BCUT2D eigenvalue weighted by molar-refractivity contribution is 6.00. The second-order valence-electron chi connectivity index (χ2n) is 5.08. The standard InChI is InChI=1S/C15H22N2O2/c1-12-5-6-14(13(2)16-18)15(11-12)19-10-9-17-7-3-4-8-17/h5-6,11,18H,3-4,7-10H2,1-2H3/b16-13-. The van der Waals surface area contributed by atoms with Gasteiger partial charge in [0.25, 0.3) is 0 Å². The predicted molar refractivity (Wildman–Crippen MR) is 76.3 cm³/mol. The third kappa shape index (κ3) is 3.70. The summed E-state index contributed by atoms with van der Waals surface area (Å²) >= 11 is 0. The zero-order valence-corrected chi connectivity index (χ0v) is 11.7. The van der Waals surface area contributed by atoms with E-state index in [1.165, 1.54) is 25.9 Å².